The van der Waals surface area contributed by atoms with Crippen molar-refractivity contribution in [2.45, 2.75) is 0 Å². The molecule has 0 saturated heterocycles. The molecule has 0 heterocycles. The van der Waals surface area contributed by atoms with E-state index in [2.05, 4.69) is 0 Å². The topological polar surface area (TPSA) is 83.4 Å². The van der Waals surface area contributed by atoms with E-state index in [1.807, 2.05) is 0 Å². The minimum Gasteiger partial charge on any atom is -0.790 e. The van der Waals surface area contributed by atoms with Crippen LogP contribution in [-0.2, 0) is 26.9 Å². The Hall–Kier alpha value is 1.58. The van der Waals surface area contributed by atoms with E-state index < -0.39 is 7.82 Å². The first-order valence-corrected chi connectivity index (χ1v) is 2.24. The summed E-state index contributed by atoms with van der Waals surface area (Å²) in [6.07, 6.45) is 0. The number of phosphoric acid groups is 1. The zero-order valence-electron chi connectivity index (χ0n) is 2.87. The molecule has 0 aromatic carbocycles. The molecule has 1 N–H and O–H groups in total. The summed E-state index contributed by atoms with van der Waals surface area (Å²) >= 11 is 0. The van der Waals surface area contributed by atoms with Crippen molar-refractivity contribution >= 4 is 7.82 Å². The average Bonchev–Trinajstić information content (AvgIpc) is 0.722. The summed E-state index contributed by atoms with van der Waals surface area (Å²) in [5.41, 5.74) is 0. The molecule has 0 rings (SSSR count). The Morgan fingerprint density at radius 2 is 1.43 bits per heavy atom. The van der Waals surface area contributed by atoms with Crippen LogP contribution < -0.4 is 33.8 Å². The van der Waals surface area contributed by atoms with Gasteiger partial charge in [-0.05, 0) is 0 Å². The Morgan fingerprint density at radius 3 is 1.43 bits per heavy atom. The molecule has 7 heteroatoms. The van der Waals surface area contributed by atoms with E-state index >= 15 is 0 Å². The molecular formula is H3AgIO4P. The Morgan fingerprint density at radius 1 is 1.43 bits per heavy atom. The maximum absolute atomic E-state index is 8.66. The van der Waals surface area contributed by atoms with Crippen molar-refractivity contribution in [2.24, 2.45) is 0 Å². The number of hydrogen-bond donors (Lipinski definition) is 1. The van der Waals surface area contributed by atoms with Crippen molar-refractivity contribution in [3.8, 4) is 0 Å². The van der Waals surface area contributed by atoms with Gasteiger partial charge in [-0.15, -0.1) is 0 Å². The second-order valence-electron chi connectivity index (χ2n) is 0.469. The standard InChI is InChI=1S/Ag.H2I.H3O4P/c;;1-5(2,3)4/h;1H2;(H3,1,2,3,4)/q2*+1;/p-2. The van der Waals surface area contributed by atoms with Crippen LogP contribution in [0, 0.1) is 0 Å². The van der Waals surface area contributed by atoms with Gasteiger partial charge in [0.05, 0.1) is 7.82 Å². The van der Waals surface area contributed by atoms with Crippen molar-refractivity contribution in [1.82, 2.24) is 0 Å². The summed E-state index contributed by atoms with van der Waals surface area (Å²) in [7, 11) is -5.14. The summed E-state index contributed by atoms with van der Waals surface area (Å²) in [5.74, 6) is 0. The fourth-order valence-corrected chi connectivity index (χ4v) is 0. The van der Waals surface area contributed by atoms with Crippen LogP contribution in [0.25, 0.3) is 0 Å². The van der Waals surface area contributed by atoms with Gasteiger partial charge in [-0.1, -0.05) is 0 Å². The van der Waals surface area contributed by atoms with Crippen LogP contribution in [0.3, 0.4) is 0 Å². The van der Waals surface area contributed by atoms with Crippen LogP contribution in [0.2, 0.25) is 0 Å². The van der Waals surface area contributed by atoms with E-state index in [0.717, 1.165) is 0 Å². The molecule has 0 aromatic heterocycles. The Bertz CT molecular complexity index is 57.8. The zero-order chi connectivity index (χ0) is 4.50. The van der Waals surface area contributed by atoms with Gasteiger partial charge in [0.15, 0.2) is 0 Å². The maximum Gasteiger partial charge on any atom is 1.00 e. The predicted octanol–water partition coefficient (Wildman–Crippen LogP) is -5.73. The fraction of sp³-hybridized carbons (Fsp3) is 0. The van der Waals surface area contributed by atoms with Gasteiger partial charge in [0.2, 0.25) is 24.0 Å². The molecule has 4 nitrogen and oxygen atoms in total. The van der Waals surface area contributed by atoms with Crippen molar-refractivity contribution in [3.63, 3.8) is 0 Å². The van der Waals surface area contributed by atoms with E-state index in [-0.39, 0.29) is 46.4 Å². The van der Waals surface area contributed by atoms with Crippen LogP contribution in [0.4, 0.5) is 0 Å². The molecule has 0 unspecified atom stereocenters. The third-order valence-corrected chi connectivity index (χ3v) is 0. The minimum atomic E-state index is -5.14. The van der Waals surface area contributed by atoms with Crippen LogP contribution in [-0.4, -0.2) is 4.89 Å². The number of halogens is 1. The summed E-state index contributed by atoms with van der Waals surface area (Å²) in [6.45, 7) is 0. The number of rotatable bonds is 0. The first kappa shape index (κ1) is 15.8. The normalized spacial score (nSPS) is 8.43. The van der Waals surface area contributed by atoms with Crippen molar-refractivity contribution in [1.29, 1.82) is 0 Å². The van der Waals surface area contributed by atoms with Gasteiger partial charge in [-0.3, -0.25) is 0 Å². The largest absolute Gasteiger partial charge is 1.00 e. The van der Waals surface area contributed by atoms with E-state index in [9.17, 15) is 0 Å². The minimum absolute atomic E-state index is 0. The number of hydrogen-bond acceptors (Lipinski definition) is 3. The molecule has 0 aromatic rings. The Labute approximate surface area is 73.1 Å². The molecule has 0 fully saturated rings. The molecular weight excluding hydrogens is 330 g/mol. The van der Waals surface area contributed by atoms with Crippen LogP contribution in [0.1, 0.15) is 0 Å². The molecule has 0 saturated carbocycles. The Balaban J connectivity index is -0.0000000800. The smallest absolute Gasteiger partial charge is 0.790 e. The molecule has 0 bridgehead atoms. The SMILES string of the molecule is O=P([O-])([O-])O.[Ag+].[IH2+]. The average molecular weight is 333 g/mol. The molecule has 0 radical (unpaired) electrons. The molecule has 0 aliphatic carbocycles. The van der Waals surface area contributed by atoms with Crippen molar-refractivity contribution < 1.29 is 65.6 Å². The van der Waals surface area contributed by atoms with Gasteiger partial charge in [-0.25, -0.2) is 0 Å². The third kappa shape index (κ3) is 94.5. The van der Waals surface area contributed by atoms with E-state index in [1.54, 1.807) is 0 Å². The van der Waals surface area contributed by atoms with Crippen molar-refractivity contribution in [2.75, 3.05) is 0 Å². The monoisotopic (exact) mass is 332 g/mol. The van der Waals surface area contributed by atoms with Gasteiger partial charge < -0.3 is 19.2 Å². The summed E-state index contributed by atoms with van der Waals surface area (Å²) < 4.78 is 8.66. The second-order valence-corrected chi connectivity index (χ2v) is 1.41. The van der Waals surface area contributed by atoms with Gasteiger partial charge >= 0.3 is 22.4 Å². The fourth-order valence-electron chi connectivity index (χ4n) is 0. The first-order chi connectivity index (χ1) is 2.00. The van der Waals surface area contributed by atoms with Gasteiger partial charge in [0, 0.05) is 0 Å². The van der Waals surface area contributed by atoms with E-state index in [4.69, 9.17) is 19.2 Å². The predicted molar refractivity (Wildman–Crippen MR) is 12.6 cm³/mol. The van der Waals surface area contributed by atoms with Crippen LogP contribution in [0.15, 0.2) is 0 Å². The molecule has 0 spiro atoms. The molecule has 7 heavy (non-hydrogen) atoms. The van der Waals surface area contributed by atoms with Gasteiger partial charge in [-0.2, -0.15) is 0 Å². The zero-order valence-corrected chi connectivity index (χ0v) is 7.80. The summed E-state index contributed by atoms with van der Waals surface area (Å²) in [5, 5.41) is 0. The molecule has 50 valence electrons. The van der Waals surface area contributed by atoms with E-state index in [1.165, 1.54) is 0 Å². The molecule has 0 atom stereocenters. The Kier molecular flexibility index (Phi) is 12.9. The first-order valence-electron chi connectivity index (χ1n) is 0.748. The van der Waals surface area contributed by atoms with Crippen LogP contribution in [0.5, 0.6) is 0 Å². The van der Waals surface area contributed by atoms with Crippen LogP contribution >= 0.6 is 7.82 Å². The van der Waals surface area contributed by atoms with E-state index in [0.29, 0.717) is 0 Å². The molecule has 0 amide bonds. The quantitative estimate of drug-likeness (QED) is 0.272. The maximum atomic E-state index is 8.66. The third-order valence-electron chi connectivity index (χ3n) is 0. The summed E-state index contributed by atoms with van der Waals surface area (Å²) in [4.78, 5) is 24.3. The van der Waals surface area contributed by atoms with Gasteiger partial charge in [0.1, 0.15) is 0 Å². The van der Waals surface area contributed by atoms with Crippen molar-refractivity contribution in [3.05, 3.63) is 0 Å². The molecule has 0 aliphatic heterocycles. The summed E-state index contributed by atoms with van der Waals surface area (Å²) in [6, 6.07) is 0. The van der Waals surface area contributed by atoms with Gasteiger partial charge in [0.25, 0.3) is 0 Å². The molecule has 0 aliphatic rings. The second kappa shape index (κ2) is 5.71.